The maximum Gasteiger partial charge on any atom is 0.330 e. The van der Waals surface area contributed by atoms with Gasteiger partial charge in [-0.3, -0.25) is 0 Å². The highest BCUT2D eigenvalue weighted by Gasteiger charge is 1.98. The van der Waals surface area contributed by atoms with Crippen LogP contribution in [0.15, 0.2) is 12.7 Å². The highest BCUT2D eigenvalue weighted by Crippen LogP contribution is 1.95. The Balaban J connectivity index is 3.19. The predicted octanol–water partition coefficient (Wildman–Crippen LogP) is 1.42. The van der Waals surface area contributed by atoms with E-state index in [1.807, 2.05) is 6.07 Å². The van der Waals surface area contributed by atoms with E-state index in [4.69, 9.17) is 14.7 Å². The Morgan fingerprint density at radius 2 is 2.21 bits per heavy atom. The summed E-state index contributed by atoms with van der Waals surface area (Å²) in [7, 11) is 0. The van der Waals surface area contributed by atoms with E-state index >= 15 is 0 Å². The van der Waals surface area contributed by atoms with Crippen LogP contribution in [0.5, 0.6) is 0 Å². The lowest BCUT2D eigenvalue weighted by Gasteiger charge is -2.05. The number of ether oxygens (including phenoxy) is 2. The molecule has 4 nitrogen and oxygen atoms in total. The Kier molecular flexibility index (Phi) is 7.48. The summed E-state index contributed by atoms with van der Waals surface area (Å²) in [5, 5.41) is 8.39. The third kappa shape index (κ3) is 7.32. The van der Waals surface area contributed by atoms with E-state index in [0.29, 0.717) is 13.2 Å². The highest BCUT2D eigenvalue weighted by atomic mass is 16.5. The number of rotatable bonds is 7. The molecule has 0 saturated carbocycles. The summed E-state index contributed by atoms with van der Waals surface area (Å²) in [5.74, 6) is -0.406. The SMILES string of the molecule is C=CC(=O)OCCCCOC(C)C#N. The summed E-state index contributed by atoms with van der Waals surface area (Å²) in [4.78, 5) is 10.6. The number of nitriles is 1. The van der Waals surface area contributed by atoms with E-state index < -0.39 is 5.97 Å². The molecule has 4 heteroatoms. The zero-order valence-corrected chi connectivity index (χ0v) is 8.36. The van der Waals surface area contributed by atoms with Crippen LogP contribution in [0.3, 0.4) is 0 Å². The number of hydrogen-bond acceptors (Lipinski definition) is 4. The average Bonchev–Trinajstić information content (AvgIpc) is 2.22. The van der Waals surface area contributed by atoms with Crippen LogP contribution in [-0.4, -0.2) is 25.3 Å². The quantitative estimate of drug-likeness (QED) is 0.352. The molecule has 0 rings (SSSR count). The maximum atomic E-state index is 10.6. The van der Waals surface area contributed by atoms with Crippen molar-refractivity contribution in [2.24, 2.45) is 0 Å². The van der Waals surface area contributed by atoms with E-state index in [1.165, 1.54) is 0 Å². The Morgan fingerprint density at radius 3 is 2.79 bits per heavy atom. The highest BCUT2D eigenvalue weighted by molar-refractivity contribution is 5.81. The van der Waals surface area contributed by atoms with Gasteiger partial charge in [0.05, 0.1) is 12.7 Å². The Hall–Kier alpha value is -1.34. The first-order chi connectivity index (χ1) is 6.70. The number of hydrogen-bond donors (Lipinski definition) is 0. The molecular weight excluding hydrogens is 182 g/mol. The molecule has 0 aromatic heterocycles. The van der Waals surface area contributed by atoms with E-state index in [-0.39, 0.29) is 6.10 Å². The first kappa shape index (κ1) is 12.7. The lowest BCUT2D eigenvalue weighted by molar-refractivity contribution is -0.137. The van der Waals surface area contributed by atoms with Gasteiger partial charge in [0, 0.05) is 12.7 Å². The average molecular weight is 197 g/mol. The van der Waals surface area contributed by atoms with Crippen molar-refractivity contribution in [2.75, 3.05) is 13.2 Å². The maximum absolute atomic E-state index is 10.6. The van der Waals surface area contributed by atoms with E-state index in [0.717, 1.165) is 18.9 Å². The molecule has 0 saturated heterocycles. The third-order valence-electron chi connectivity index (χ3n) is 1.50. The second-order valence-corrected chi connectivity index (χ2v) is 2.72. The monoisotopic (exact) mass is 197 g/mol. The van der Waals surface area contributed by atoms with Crippen LogP contribution in [0.4, 0.5) is 0 Å². The summed E-state index contributed by atoms with van der Waals surface area (Å²) in [6, 6.07) is 1.96. The van der Waals surface area contributed by atoms with Crippen molar-refractivity contribution >= 4 is 5.97 Å². The van der Waals surface area contributed by atoms with Crippen LogP contribution < -0.4 is 0 Å². The summed E-state index contributed by atoms with van der Waals surface area (Å²) in [6.07, 6.45) is 2.27. The number of esters is 1. The van der Waals surface area contributed by atoms with Gasteiger partial charge >= 0.3 is 5.97 Å². The number of nitrogens with zero attached hydrogens (tertiary/aromatic N) is 1. The third-order valence-corrected chi connectivity index (χ3v) is 1.50. The Bertz CT molecular complexity index is 220. The van der Waals surface area contributed by atoms with Gasteiger partial charge in [0.1, 0.15) is 6.10 Å². The fourth-order valence-corrected chi connectivity index (χ4v) is 0.733. The minimum atomic E-state index is -0.406. The summed E-state index contributed by atoms with van der Waals surface area (Å²) < 4.78 is 9.85. The van der Waals surface area contributed by atoms with Crippen molar-refractivity contribution in [3.05, 3.63) is 12.7 Å². The second kappa shape index (κ2) is 8.27. The van der Waals surface area contributed by atoms with Crippen LogP contribution in [0.25, 0.3) is 0 Å². The summed E-state index contributed by atoms with van der Waals surface area (Å²) in [6.45, 7) is 5.85. The molecule has 0 amide bonds. The van der Waals surface area contributed by atoms with Gasteiger partial charge in [-0.05, 0) is 19.8 Å². The number of carbonyl (C=O) groups is 1. The molecule has 0 aliphatic heterocycles. The molecule has 0 N–H and O–H groups in total. The molecule has 0 aliphatic rings. The molecule has 0 aromatic rings. The van der Waals surface area contributed by atoms with Crippen molar-refractivity contribution in [3.8, 4) is 6.07 Å². The molecule has 0 bridgehead atoms. The summed E-state index contributed by atoms with van der Waals surface area (Å²) >= 11 is 0. The molecule has 0 heterocycles. The molecule has 14 heavy (non-hydrogen) atoms. The second-order valence-electron chi connectivity index (χ2n) is 2.72. The molecule has 78 valence electrons. The van der Waals surface area contributed by atoms with Gasteiger partial charge in [0.25, 0.3) is 0 Å². The summed E-state index contributed by atoms with van der Waals surface area (Å²) in [5.41, 5.74) is 0. The Labute approximate surface area is 84.1 Å². The number of unbranched alkanes of at least 4 members (excludes halogenated alkanes) is 1. The van der Waals surface area contributed by atoms with Crippen LogP contribution >= 0.6 is 0 Å². The minimum Gasteiger partial charge on any atom is -0.463 e. The molecule has 0 aromatic carbocycles. The fourth-order valence-electron chi connectivity index (χ4n) is 0.733. The van der Waals surface area contributed by atoms with Crippen molar-refractivity contribution in [1.29, 1.82) is 5.26 Å². The van der Waals surface area contributed by atoms with Gasteiger partial charge < -0.3 is 9.47 Å². The standard InChI is InChI=1S/C10H15NO3/c1-3-10(12)14-7-5-4-6-13-9(2)8-11/h3,9H,1,4-7H2,2H3. The van der Waals surface area contributed by atoms with Crippen molar-refractivity contribution in [1.82, 2.24) is 0 Å². The van der Waals surface area contributed by atoms with Gasteiger partial charge in [-0.2, -0.15) is 5.26 Å². The van der Waals surface area contributed by atoms with Gasteiger partial charge in [0.2, 0.25) is 0 Å². The van der Waals surface area contributed by atoms with E-state index in [1.54, 1.807) is 6.92 Å². The number of carbonyl (C=O) groups excluding carboxylic acids is 1. The molecule has 0 aliphatic carbocycles. The van der Waals surface area contributed by atoms with Crippen molar-refractivity contribution < 1.29 is 14.3 Å². The lowest BCUT2D eigenvalue weighted by Crippen LogP contribution is -2.07. The largest absolute Gasteiger partial charge is 0.463 e. The van der Waals surface area contributed by atoms with Gasteiger partial charge in [-0.1, -0.05) is 6.58 Å². The van der Waals surface area contributed by atoms with Crippen LogP contribution in [0.1, 0.15) is 19.8 Å². The molecule has 0 radical (unpaired) electrons. The molecule has 0 fully saturated rings. The molecule has 0 spiro atoms. The molecule has 1 unspecified atom stereocenters. The normalized spacial score (nSPS) is 11.4. The first-order valence-corrected chi connectivity index (χ1v) is 4.51. The first-order valence-electron chi connectivity index (χ1n) is 4.51. The van der Waals surface area contributed by atoms with Gasteiger partial charge in [-0.25, -0.2) is 4.79 Å². The van der Waals surface area contributed by atoms with Gasteiger partial charge in [0.15, 0.2) is 0 Å². The van der Waals surface area contributed by atoms with E-state index in [9.17, 15) is 4.79 Å². The topological polar surface area (TPSA) is 59.3 Å². The lowest BCUT2D eigenvalue weighted by atomic mass is 10.3. The minimum absolute atomic E-state index is 0.370. The van der Waals surface area contributed by atoms with E-state index in [2.05, 4.69) is 6.58 Å². The predicted molar refractivity (Wildman–Crippen MR) is 51.4 cm³/mol. The van der Waals surface area contributed by atoms with Crippen LogP contribution in [-0.2, 0) is 14.3 Å². The van der Waals surface area contributed by atoms with Crippen LogP contribution in [0, 0.1) is 11.3 Å². The van der Waals surface area contributed by atoms with Crippen molar-refractivity contribution in [2.45, 2.75) is 25.9 Å². The Morgan fingerprint density at radius 1 is 1.57 bits per heavy atom. The van der Waals surface area contributed by atoms with Gasteiger partial charge in [-0.15, -0.1) is 0 Å². The molecule has 1 atom stereocenters. The van der Waals surface area contributed by atoms with Crippen LogP contribution in [0.2, 0.25) is 0 Å². The fraction of sp³-hybridized carbons (Fsp3) is 0.600. The zero-order valence-electron chi connectivity index (χ0n) is 8.36. The zero-order chi connectivity index (χ0) is 10.8. The smallest absolute Gasteiger partial charge is 0.330 e. The van der Waals surface area contributed by atoms with Crippen molar-refractivity contribution in [3.63, 3.8) is 0 Å². The molecular formula is C10H15NO3.